The zero-order valence-corrected chi connectivity index (χ0v) is 11.9. The molecule has 98 valence electrons. The molecule has 0 aromatic carbocycles. The van der Waals surface area contributed by atoms with Crippen LogP contribution in [0.4, 0.5) is 11.5 Å². The van der Waals surface area contributed by atoms with Crippen molar-refractivity contribution in [3.63, 3.8) is 0 Å². The lowest BCUT2D eigenvalue weighted by Crippen LogP contribution is -2.41. The Bertz CT molecular complexity index is 452. The molecule has 1 aliphatic heterocycles. The van der Waals surface area contributed by atoms with Gasteiger partial charge in [-0.05, 0) is 33.8 Å². The second-order valence-electron chi connectivity index (χ2n) is 5.40. The summed E-state index contributed by atoms with van der Waals surface area (Å²) >= 11 is 3.99. The number of aromatic nitrogens is 1. The van der Waals surface area contributed by atoms with Gasteiger partial charge in [0.15, 0.2) is 0 Å². The Morgan fingerprint density at radius 2 is 1.83 bits per heavy atom. The molecule has 1 fully saturated rings. The summed E-state index contributed by atoms with van der Waals surface area (Å²) in [7, 11) is -0.441. The lowest BCUT2D eigenvalue weighted by Gasteiger charge is -2.32. The largest absolute Gasteiger partial charge is 0.496 e. The first-order valence-electron chi connectivity index (χ1n) is 5.78. The summed E-state index contributed by atoms with van der Waals surface area (Å²) in [6.45, 7) is 8.04. The van der Waals surface area contributed by atoms with Gasteiger partial charge >= 0.3 is 7.12 Å². The van der Waals surface area contributed by atoms with Gasteiger partial charge in [-0.1, -0.05) is 12.8 Å². The highest BCUT2D eigenvalue weighted by Gasteiger charge is 2.51. The summed E-state index contributed by atoms with van der Waals surface area (Å²) in [5, 5.41) is 0. The first kappa shape index (κ1) is 13.5. The molecule has 7 heteroatoms. The molecule has 1 aliphatic rings. The minimum atomic E-state index is -0.441. The Morgan fingerprint density at radius 3 is 2.33 bits per heavy atom. The van der Waals surface area contributed by atoms with Crippen molar-refractivity contribution in [2.24, 2.45) is 0 Å². The summed E-state index contributed by atoms with van der Waals surface area (Å²) < 4.78 is 14.6. The molecule has 2 rings (SSSR count). The molecular formula is C11H18BN3O2S. The van der Waals surface area contributed by atoms with Crippen molar-refractivity contribution in [2.75, 3.05) is 10.5 Å². The van der Waals surface area contributed by atoms with Crippen LogP contribution in [0.3, 0.4) is 0 Å². The third kappa shape index (κ3) is 2.18. The van der Waals surface area contributed by atoms with Crippen molar-refractivity contribution in [3.05, 3.63) is 12.3 Å². The molecule has 0 bridgehead atoms. The van der Waals surface area contributed by atoms with Crippen LogP contribution in [0.1, 0.15) is 27.7 Å². The van der Waals surface area contributed by atoms with Crippen LogP contribution in [0.15, 0.2) is 12.3 Å². The van der Waals surface area contributed by atoms with Gasteiger partial charge in [-0.2, -0.15) is 0 Å². The minimum absolute atomic E-state index is 0.367. The lowest BCUT2D eigenvalue weighted by molar-refractivity contribution is 0.00578. The molecule has 2 heterocycles. The highest BCUT2D eigenvalue weighted by molar-refractivity contribution is 7.81. The van der Waals surface area contributed by atoms with Crippen LogP contribution in [-0.4, -0.2) is 23.3 Å². The Kier molecular flexibility index (Phi) is 3.25. The third-order valence-electron chi connectivity index (χ3n) is 3.59. The van der Waals surface area contributed by atoms with E-state index in [1.54, 1.807) is 6.20 Å². The number of anilines is 2. The zero-order chi connectivity index (χ0) is 13.6. The van der Waals surface area contributed by atoms with Crippen LogP contribution < -0.4 is 15.9 Å². The molecule has 0 amide bonds. The fourth-order valence-corrected chi connectivity index (χ4v) is 1.87. The van der Waals surface area contributed by atoms with E-state index in [1.807, 2.05) is 33.8 Å². The highest BCUT2D eigenvalue weighted by atomic mass is 32.1. The van der Waals surface area contributed by atoms with E-state index in [0.29, 0.717) is 11.5 Å². The number of nitrogens with two attached hydrogens (primary N) is 1. The predicted octanol–water partition coefficient (Wildman–Crippen LogP) is 1.22. The SMILES string of the molecule is CC1(C)OB(c2cnc(N)c(NS)c2)OC1(C)C. The van der Waals surface area contributed by atoms with E-state index in [9.17, 15) is 0 Å². The summed E-state index contributed by atoms with van der Waals surface area (Å²) in [5.74, 6) is 0.394. The van der Waals surface area contributed by atoms with Crippen molar-refractivity contribution in [1.82, 2.24) is 4.98 Å². The number of pyridine rings is 1. The van der Waals surface area contributed by atoms with E-state index in [1.165, 1.54) is 0 Å². The first-order chi connectivity index (χ1) is 8.27. The number of nitrogens with zero attached hydrogens (tertiary/aromatic N) is 1. The summed E-state index contributed by atoms with van der Waals surface area (Å²) in [5.41, 5.74) is 6.43. The maximum Gasteiger partial charge on any atom is 0.496 e. The van der Waals surface area contributed by atoms with Gasteiger partial charge in [-0.25, -0.2) is 4.98 Å². The average Bonchev–Trinajstić information content (AvgIpc) is 2.49. The van der Waals surface area contributed by atoms with Crippen LogP contribution in [-0.2, 0) is 9.31 Å². The third-order valence-corrected chi connectivity index (χ3v) is 3.83. The summed E-state index contributed by atoms with van der Waals surface area (Å²) in [6.07, 6.45) is 1.66. The summed E-state index contributed by atoms with van der Waals surface area (Å²) in [6, 6.07) is 1.83. The molecule has 0 radical (unpaired) electrons. The zero-order valence-electron chi connectivity index (χ0n) is 11.0. The normalized spacial score (nSPS) is 21.1. The Morgan fingerprint density at radius 1 is 1.28 bits per heavy atom. The van der Waals surface area contributed by atoms with Crippen molar-refractivity contribution in [1.29, 1.82) is 0 Å². The minimum Gasteiger partial charge on any atom is -0.399 e. The van der Waals surface area contributed by atoms with Gasteiger partial charge in [0.25, 0.3) is 0 Å². The molecule has 3 N–H and O–H groups in total. The van der Waals surface area contributed by atoms with Crippen molar-refractivity contribution < 1.29 is 9.31 Å². The molecule has 0 aliphatic carbocycles. The Balaban J connectivity index is 2.30. The van der Waals surface area contributed by atoms with Gasteiger partial charge in [0.1, 0.15) is 5.82 Å². The molecule has 0 unspecified atom stereocenters. The molecule has 1 aromatic rings. The van der Waals surface area contributed by atoms with E-state index in [-0.39, 0.29) is 11.2 Å². The maximum absolute atomic E-state index is 5.93. The molecule has 1 saturated heterocycles. The lowest BCUT2D eigenvalue weighted by atomic mass is 9.80. The average molecular weight is 267 g/mol. The number of hydrogen-bond donors (Lipinski definition) is 3. The monoisotopic (exact) mass is 267 g/mol. The van der Waals surface area contributed by atoms with E-state index in [2.05, 4.69) is 22.5 Å². The number of nitrogens with one attached hydrogen (secondary N) is 1. The van der Waals surface area contributed by atoms with Crippen molar-refractivity contribution >= 4 is 36.9 Å². The fraction of sp³-hybridized carbons (Fsp3) is 0.545. The van der Waals surface area contributed by atoms with E-state index in [4.69, 9.17) is 15.0 Å². The van der Waals surface area contributed by atoms with Crippen LogP contribution in [0.2, 0.25) is 0 Å². The molecule has 0 spiro atoms. The highest BCUT2D eigenvalue weighted by Crippen LogP contribution is 2.36. The number of nitrogen functional groups attached to an aromatic ring is 1. The van der Waals surface area contributed by atoms with Gasteiger partial charge in [-0.3, -0.25) is 0 Å². The van der Waals surface area contributed by atoms with Crippen molar-refractivity contribution in [2.45, 2.75) is 38.9 Å². The first-order valence-corrected chi connectivity index (χ1v) is 6.23. The smallest absolute Gasteiger partial charge is 0.399 e. The molecule has 0 saturated carbocycles. The number of hydrogen-bond acceptors (Lipinski definition) is 6. The maximum atomic E-state index is 5.93. The second-order valence-corrected chi connectivity index (χ2v) is 5.63. The molecule has 5 nitrogen and oxygen atoms in total. The van der Waals surface area contributed by atoms with Gasteiger partial charge in [0, 0.05) is 11.7 Å². The number of rotatable bonds is 2. The van der Waals surface area contributed by atoms with Gasteiger partial charge in [0.2, 0.25) is 0 Å². The Hall–Kier alpha value is -0.915. The quantitative estimate of drug-likeness (QED) is 0.555. The van der Waals surface area contributed by atoms with E-state index >= 15 is 0 Å². The Labute approximate surface area is 113 Å². The number of thiol groups is 1. The standard InChI is InChI=1S/C11H18BN3O2S/c1-10(2)11(3,4)17-12(16-10)7-5-8(15-18)9(13)14-6-7/h5-6,15,18H,1-4H3,(H2,13,14). The van der Waals surface area contributed by atoms with Gasteiger partial charge < -0.3 is 19.8 Å². The molecule has 1 aromatic heterocycles. The van der Waals surface area contributed by atoms with Crippen LogP contribution >= 0.6 is 12.8 Å². The second kappa shape index (κ2) is 4.33. The predicted molar refractivity (Wildman–Crippen MR) is 77.0 cm³/mol. The van der Waals surface area contributed by atoms with E-state index < -0.39 is 7.12 Å². The molecule has 0 atom stereocenters. The molecule has 18 heavy (non-hydrogen) atoms. The van der Waals surface area contributed by atoms with Gasteiger partial charge in [-0.15, -0.1) is 0 Å². The van der Waals surface area contributed by atoms with Crippen LogP contribution in [0.5, 0.6) is 0 Å². The van der Waals surface area contributed by atoms with Crippen LogP contribution in [0, 0.1) is 0 Å². The van der Waals surface area contributed by atoms with Crippen molar-refractivity contribution in [3.8, 4) is 0 Å². The van der Waals surface area contributed by atoms with Crippen LogP contribution in [0.25, 0.3) is 0 Å². The molecular weight excluding hydrogens is 249 g/mol. The fourth-order valence-electron chi connectivity index (χ4n) is 1.69. The summed E-state index contributed by atoms with van der Waals surface area (Å²) in [4.78, 5) is 4.10. The van der Waals surface area contributed by atoms with E-state index in [0.717, 1.165) is 5.46 Å². The van der Waals surface area contributed by atoms with Gasteiger partial charge in [0.05, 0.1) is 16.9 Å². The topological polar surface area (TPSA) is 69.4 Å².